The summed E-state index contributed by atoms with van der Waals surface area (Å²) in [5.74, 6) is -4.00. The van der Waals surface area contributed by atoms with Gasteiger partial charge in [0, 0.05) is 6.54 Å². The normalized spacial score (nSPS) is 14.8. The molecule has 0 aliphatic heterocycles. The summed E-state index contributed by atoms with van der Waals surface area (Å²) in [6.07, 6.45) is 0.669. The molecule has 0 aromatic carbocycles. The first-order valence-corrected chi connectivity index (χ1v) is 8.92. The number of rotatable bonds is 13. The number of carboxylic acids is 1. The van der Waals surface area contributed by atoms with E-state index in [0.717, 1.165) is 0 Å². The molecule has 4 unspecified atom stereocenters. The summed E-state index contributed by atoms with van der Waals surface area (Å²) in [6.45, 7) is 3.72. The number of hydrogen-bond acceptors (Lipinski definition) is 6. The molecule has 12 nitrogen and oxygen atoms in total. The summed E-state index contributed by atoms with van der Waals surface area (Å²) in [5, 5.41) is 14.0. The smallest absolute Gasteiger partial charge is 0.326 e. The van der Waals surface area contributed by atoms with E-state index in [1.54, 1.807) is 13.8 Å². The average Bonchev–Trinajstić information content (AvgIpc) is 2.60. The molecular weight excluding hydrogens is 370 g/mol. The van der Waals surface area contributed by atoms with Crippen LogP contribution in [0.15, 0.2) is 4.99 Å². The highest BCUT2D eigenvalue weighted by molar-refractivity contribution is 5.94. The van der Waals surface area contributed by atoms with E-state index in [0.29, 0.717) is 12.8 Å². The van der Waals surface area contributed by atoms with E-state index in [2.05, 4.69) is 15.6 Å². The number of carbonyl (C=O) groups is 4. The van der Waals surface area contributed by atoms with Gasteiger partial charge in [0.05, 0.1) is 12.5 Å². The van der Waals surface area contributed by atoms with Crippen molar-refractivity contribution in [2.45, 2.75) is 57.7 Å². The third-order valence-corrected chi connectivity index (χ3v) is 4.12. The quantitative estimate of drug-likeness (QED) is 0.0975. The second kappa shape index (κ2) is 12.5. The van der Waals surface area contributed by atoms with Crippen LogP contribution in [0.5, 0.6) is 0 Å². The van der Waals surface area contributed by atoms with E-state index in [1.807, 2.05) is 0 Å². The van der Waals surface area contributed by atoms with Crippen LogP contribution < -0.4 is 33.6 Å². The highest BCUT2D eigenvalue weighted by Crippen LogP contribution is 2.09. The molecule has 0 aliphatic carbocycles. The van der Waals surface area contributed by atoms with E-state index in [4.69, 9.17) is 22.9 Å². The third kappa shape index (κ3) is 9.71. The Kier molecular flexibility index (Phi) is 11.2. The number of nitrogens with zero attached hydrogens (tertiary/aromatic N) is 1. The van der Waals surface area contributed by atoms with Gasteiger partial charge in [-0.15, -0.1) is 0 Å². The number of aliphatic carboxylic acids is 1. The van der Waals surface area contributed by atoms with Gasteiger partial charge < -0.3 is 38.7 Å². The summed E-state index contributed by atoms with van der Waals surface area (Å²) in [7, 11) is 0. The average molecular weight is 401 g/mol. The Balaban J connectivity index is 4.98. The van der Waals surface area contributed by atoms with Gasteiger partial charge in [-0.05, 0) is 18.8 Å². The molecule has 0 fully saturated rings. The molecule has 3 amide bonds. The van der Waals surface area contributed by atoms with Gasteiger partial charge >= 0.3 is 5.97 Å². The van der Waals surface area contributed by atoms with Crippen molar-refractivity contribution in [2.24, 2.45) is 33.8 Å². The molecule has 0 heterocycles. The van der Waals surface area contributed by atoms with Crippen molar-refractivity contribution in [2.75, 3.05) is 6.54 Å². The predicted molar refractivity (Wildman–Crippen MR) is 103 cm³/mol. The minimum Gasteiger partial charge on any atom is -0.480 e. The largest absolute Gasteiger partial charge is 0.480 e. The zero-order chi connectivity index (χ0) is 21.9. The molecule has 4 atom stereocenters. The van der Waals surface area contributed by atoms with Crippen LogP contribution >= 0.6 is 0 Å². The second-order valence-electron chi connectivity index (χ2n) is 6.50. The monoisotopic (exact) mass is 401 g/mol. The van der Waals surface area contributed by atoms with Crippen molar-refractivity contribution < 1.29 is 24.3 Å². The van der Waals surface area contributed by atoms with Crippen LogP contribution in [0, 0.1) is 5.92 Å². The molecule has 0 saturated carbocycles. The third-order valence-electron chi connectivity index (χ3n) is 4.12. The zero-order valence-corrected chi connectivity index (χ0v) is 16.2. The van der Waals surface area contributed by atoms with E-state index >= 15 is 0 Å². The van der Waals surface area contributed by atoms with Gasteiger partial charge in [-0.3, -0.25) is 19.4 Å². The van der Waals surface area contributed by atoms with Crippen LogP contribution in [0.25, 0.3) is 0 Å². The first-order valence-electron chi connectivity index (χ1n) is 8.92. The topological polar surface area (TPSA) is 229 Å². The predicted octanol–water partition coefficient (Wildman–Crippen LogP) is -2.66. The molecule has 0 spiro atoms. The van der Waals surface area contributed by atoms with Crippen LogP contribution in [-0.4, -0.2) is 59.4 Å². The fraction of sp³-hybridized carbons (Fsp3) is 0.688. The minimum absolute atomic E-state index is 0.0782. The Bertz CT molecular complexity index is 592. The molecule has 160 valence electrons. The summed E-state index contributed by atoms with van der Waals surface area (Å²) < 4.78 is 0. The van der Waals surface area contributed by atoms with Gasteiger partial charge in [-0.25, -0.2) is 4.79 Å². The molecule has 0 radical (unpaired) electrons. The van der Waals surface area contributed by atoms with Gasteiger partial charge in [0.25, 0.3) is 0 Å². The maximum atomic E-state index is 12.4. The standard InChI is InChI=1S/C16H31N7O5/c1-3-8(2)12(15(27)28)23-14(26)10(7-11(18)24)22-13(25)9(17)5-4-6-21-16(19)20/h8-10,12H,3-7,17H2,1-2H3,(H2,18,24)(H,22,25)(H,23,26)(H,27,28)(H4,19,20,21). The number of guanidine groups is 1. The molecule has 12 heteroatoms. The maximum Gasteiger partial charge on any atom is 0.326 e. The molecule has 0 saturated heterocycles. The van der Waals surface area contributed by atoms with Crippen molar-refractivity contribution in [1.82, 2.24) is 10.6 Å². The lowest BCUT2D eigenvalue weighted by molar-refractivity contribution is -0.143. The molecular formula is C16H31N7O5. The van der Waals surface area contributed by atoms with Gasteiger partial charge in [0.1, 0.15) is 12.1 Å². The highest BCUT2D eigenvalue weighted by Gasteiger charge is 2.31. The Morgan fingerprint density at radius 3 is 2.14 bits per heavy atom. The Morgan fingerprint density at radius 1 is 1.07 bits per heavy atom. The number of carbonyl (C=O) groups excluding carboxylic acids is 3. The molecule has 0 rings (SSSR count). The first kappa shape index (κ1) is 25.1. The number of hydrogen-bond donors (Lipinski definition) is 7. The van der Waals surface area contributed by atoms with Crippen molar-refractivity contribution in [3.8, 4) is 0 Å². The molecule has 0 aliphatic rings. The lowest BCUT2D eigenvalue weighted by Gasteiger charge is -2.24. The summed E-state index contributed by atoms with van der Waals surface area (Å²) in [5.41, 5.74) is 21.3. The van der Waals surface area contributed by atoms with E-state index in [1.165, 1.54) is 0 Å². The Morgan fingerprint density at radius 2 is 1.68 bits per heavy atom. The van der Waals surface area contributed by atoms with Crippen LogP contribution in [-0.2, 0) is 19.2 Å². The van der Waals surface area contributed by atoms with E-state index < -0.39 is 48.2 Å². The van der Waals surface area contributed by atoms with Gasteiger partial charge in [0.2, 0.25) is 17.7 Å². The van der Waals surface area contributed by atoms with Gasteiger partial charge in [-0.1, -0.05) is 20.3 Å². The second-order valence-corrected chi connectivity index (χ2v) is 6.50. The number of amides is 3. The van der Waals surface area contributed by atoms with E-state index in [-0.39, 0.29) is 24.8 Å². The van der Waals surface area contributed by atoms with Crippen molar-refractivity contribution >= 4 is 29.7 Å². The van der Waals surface area contributed by atoms with Gasteiger partial charge in [-0.2, -0.15) is 0 Å². The van der Waals surface area contributed by atoms with Crippen LogP contribution in [0.1, 0.15) is 39.5 Å². The minimum atomic E-state index is -1.33. The summed E-state index contributed by atoms with van der Waals surface area (Å²) >= 11 is 0. The van der Waals surface area contributed by atoms with Crippen molar-refractivity contribution in [3.63, 3.8) is 0 Å². The lowest BCUT2D eigenvalue weighted by atomic mass is 9.98. The molecule has 0 aromatic rings. The molecule has 0 aromatic heterocycles. The van der Waals surface area contributed by atoms with Crippen molar-refractivity contribution in [3.05, 3.63) is 0 Å². The number of nitrogens with two attached hydrogens (primary N) is 4. The van der Waals surface area contributed by atoms with Gasteiger partial charge in [0.15, 0.2) is 5.96 Å². The fourth-order valence-corrected chi connectivity index (χ4v) is 2.28. The Labute approximate surface area is 163 Å². The van der Waals surface area contributed by atoms with Crippen molar-refractivity contribution in [1.29, 1.82) is 0 Å². The number of aliphatic imine (C=N–C) groups is 1. The Hall–Kier alpha value is -2.89. The van der Waals surface area contributed by atoms with Crippen LogP contribution in [0.4, 0.5) is 0 Å². The van der Waals surface area contributed by atoms with Crippen LogP contribution in [0.2, 0.25) is 0 Å². The van der Waals surface area contributed by atoms with Crippen LogP contribution in [0.3, 0.4) is 0 Å². The first-order chi connectivity index (χ1) is 13.0. The molecule has 11 N–H and O–H groups in total. The zero-order valence-electron chi connectivity index (χ0n) is 16.2. The maximum absolute atomic E-state index is 12.4. The summed E-state index contributed by atoms with van der Waals surface area (Å²) in [4.78, 5) is 51.0. The number of primary amides is 1. The SMILES string of the molecule is CCC(C)C(NC(=O)C(CC(N)=O)NC(=O)C(N)CCCN=C(N)N)C(=O)O. The number of nitrogens with one attached hydrogen (secondary N) is 2. The highest BCUT2D eigenvalue weighted by atomic mass is 16.4. The fourth-order valence-electron chi connectivity index (χ4n) is 2.28. The number of carboxylic acid groups (broad SMARTS) is 1. The van der Waals surface area contributed by atoms with E-state index in [9.17, 15) is 24.3 Å². The lowest BCUT2D eigenvalue weighted by Crippen LogP contribution is -2.56. The summed E-state index contributed by atoms with van der Waals surface area (Å²) in [6, 6.07) is -3.47. The molecule has 0 bridgehead atoms. The molecule has 28 heavy (non-hydrogen) atoms.